The lowest BCUT2D eigenvalue weighted by molar-refractivity contribution is 0.256. The van der Waals surface area contributed by atoms with E-state index in [-0.39, 0.29) is 5.56 Å². The molecule has 1 saturated heterocycles. The van der Waals surface area contributed by atoms with Gasteiger partial charge < -0.3 is 9.88 Å². The first-order chi connectivity index (χ1) is 11.6. The third-order valence-electron chi connectivity index (χ3n) is 4.96. The average molecular weight is 324 g/mol. The minimum absolute atomic E-state index is 0.387. The second-order valence-electron chi connectivity index (χ2n) is 6.53. The summed E-state index contributed by atoms with van der Waals surface area (Å²) in [6, 6.07) is 7.29. The molecule has 4 rings (SSSR count). The number of H-pyrrole nitrogens is 2. The van der Waals surface area contributed by atoms with E-state index in [1.165, 1.54) is 40.6 Å². The van der Waals surface area contributed by atoms with E-state index in [1.807, 2.05) is 12.1 Å². The Kier molecular flexibility index (Phi) is 3.61. The van der Waals surface area contributed by atoms with Gasteiger partial charge in [0.05, 0.1) is 5.69 Å². The lowest BCUT2D eigenvalue weighted by Crippen LogP contribution is -2.29. The molecule has 0 bridgehead atoms. The van der Waals surface area contributed by atoms with Crippen molar-refractivity contribution in [3.05, 3.63) is 63.1 Å². The summed E-state index contributed by atoms with van der Waals surface area (Å²) in [6.07, 6.45) is 5.94. The number of piperidine rings is 1. The third-order valence-corrected chi connectivity index (χ3v) is 4.96. The number of hydrogen-bond acceptors (Lipinski definition) is 3. The quantitative estimate of drug-likeness (QED) is 0.755. The van der Waals surface area contributed by atoms with Crippen molar-refractivity contribution in [2.75, 3.05) is 20.1 Å². The zero-order chi connectivity index (χ0) is 16.7. The highest BCUT2D eigenvalue weighted by molar-refractivity contribution is 5.85. The van der Waals surface area contributed by atoms with Gasteiger partial charge in [0.2, 0.25) is 0 Å². The van der Waals surface area contributed by atoms with Gasteiger partial charge in [-0.25, -0.2) is 4.79 Å². The van der Waals surface area contributed by atoms with Crippen LogP contribution in [0.25, 0.3) is 16.6 Å². The van der Waals surface area contributed by atoms with Crippen LogP contribution in [0.1, 0.15) is 24.3 Å². The molecule has 124 valence electrons. The number of nitrogens with zero attached hydrogens (tertiary/aromatic N) is 2. The van der Waals surface area contributed by atoms with Gasteiger partial charge in [-0.15, -0.1) is 0 Å². The van der Waals surface area contributed by atoms with Crippen molar-refractivity contribution in [2.45, 2.75) is 18.8 Å². The van der Waals surface area contributed by atoms with E-state index in [9.17, 15) is 9.59 Å². The summed E-state index contributed by atoms with van der Waals surface area (Å²) in [5, 5.41) is 1.21. The van der Waals surface area contributed by atoms with E-state index >= 15 is 0 Å². The van der Waals surface area contributed by atoms with Crippen molar-refractivity contribution in [1.82, 2.24) is 19.4 Å². The van der Waals surface area contributed by atoms with Gasteiger partial charge in [-0.2, -0.15) is 0 Å². The number of likely N-dealkylation sites (tertiary alicyclic amines) is 1. The zero-order valence-electron chi connectivity index (χ0n) is 13.6. The predicted octanol–water partition coefficient (Wildman–Crippen LogP) is 1.82. The van der Waals surface area contributed by atoms with E-state index in [0.29, 0.717) is 5.92 Å². The van der Waals surface area contributed by atoms with E-state index in [2.05, 4.69) is 34.2 Å². The number of aromatic nitrogens is 3. The molecule has 0 atom stereocenters. The summed E-state index contributed by atoms with van der Waals surface area (Å²) in [4.78, 5) is 31.1. The standard InChI is InChI=1S/C18H20N4O2/c1-21-7-4-12(5-8-21)15-11-19-16-10-13(2-3-14(15)16)22-9-6-17(23)20-18(22)24/h2-3,6,9-12,19H,4-5,7-8H2,1H3,(H,20,23,24). The molecule has 6 nitrogen and oxygen atoms in total. The number of aromatic amines is 2. The molecule has 1 fully saturated rings. The fraction of sp³-hybridized carbons (Fsp3) is 0.333. The van der Waals surface area contributed by atoms with Crippen LogP contribution in [0.15, 0.2) is 46.2 Å². The second-order valence-corrected chi connectivity index (χ2v) is 6.53. The Morgan fingerprint density at radius 3 is 2.67 bits per heavy atom. The predicted molar refractivity (Wildman–Crippen MR) is 94.0 cm³/mol. The Bertz CT molecular complexity index is 990. The van der Waals surface area contributed by atoms with Crippen molar-refractivity contribution in [2.24, 2.45) is 0 Å². The van der Waals surface area contributed by atoms with Crippen LogP contribution in [0.3, 0.4) is 0 Å². The maximum absolute atomic E-state index is 12.0. The molecule has 6 heteroatoms. The van der Waals surface area contributed by atoms with Gasteiger partial charge in [0.15, 0.2) is 0 Å². The molecule has 1 aliphatic rings. The van der Waals surface area contributed by atoms with Crippen molar-refractivity contribution < 1.29 is 0 Å². The maximum Gasteiger partial charge on any atom is 0.332 e. The lowest BCUT2D eigenvalue weighted by Gasteiger charge is -2.28. The lowest BCUT2D eigenvalue weighted by atomic mass is 9.89. The SMILES string of the molecule is CN1CCC(c2c[nH]c3cc(-n4ccc(=O)[nH]c4=O)ccc23)CC1. The van der Waals surface area contributed by atoms with Gasteiger partial charge in [-0.1, -0.05) is 6.07 Å². The second kappa shape index (κ2) is 5.79. The van der Waals surface area contributed by atoms with Gasteiger partial charge in [0.25, 0.3) is 5.56 Å². The van der Waals surface area contributed by atoms with Gasteiger partial charge >= 0.3 is 5.69 Å². The van der Waals surface area contributed by atoms with E-state index in [0.717, 1.165) is 24.3 Å². The van der Waals surface area contributed by atoms with Crippen molar-refractivity contribution in [3.63, 3.8) is 0 Å². The van der Waals surface area contributed by atoms with Crippen LogP contribution in [0.2, 0.25) is 0 Å². The molecule has 0 aliphatic carbocycles. The molecular weight excluding hydrogens is 304 g/mol. The summed E-state index contributed by atoms with van der Waals surface area (Å²) in [5.74, 6) is 0.580. The molecular formula is C18H20N4O2. The highest BCUT2D eigenvalue weighted by Gasteiger charge is 2.21. The molecule has 2 aromatic heterocycles. The summed E-state index contributed by atoms with van der Waals surface area (Å²) in [5.41, 5.74) is 2.30. The first-order valence-electron chi connectivity index (χ1n) is 8.24. The summed E-state index contributed by atoms with van der Waals surface area (Å²) in [6.45, 7) is 2.25. The molecule has 3 heterocycles. The van der Waals surface area contributed by atoms with Crippen LogP contribution < -0.4 is 11.2 Å². The Balaban J connectivity index is 1.73. The molecule has 0 radical (unpaired) electrons. The van der Waals surface area contributed by atoms with Crippen molar-refractivity contribution in [3.8, 4) is 5.69 Å². The van der Waals surface area contributed by atoms with Crippen molar-refractivity contribution in [1.29, 1.82) is 0 Å². The fourth-order valence-corrected chi connectivity index (χ4v) is 3.56. The molecule has 24 heavy (non-hydrogen) atoms. The summed E-state index contributed by atoms with van der Waals surface area (Å²) < 4.78 is 1.44. The molecule has 1 aromatic carbocycles. The molecule has 1 aliphatic heterocycles. The minimum Gasteiger partial charge on any atom is -0.361 e. The highest BCUT2D eigenvalue weighted by atomic mass is 16.2. The van der Waals surface area contributed by atoms with Gasteiger partial charge in [0.1, 0.15) is 0 Å². The molecule has 0 saturated carbocycles. The molecule has 2 N–H and O–H groups in total. The van der Waals surface area contributed by atoms with Gasteiger partial charge in [-0.05, 0) is 56.6 Å². The first kappa shape index (κ1) is 15.0. The number of benzene rings is 1. The number of hydrogen-bond donors (Lipinski definition) is 2. The largest absolute Gasteiger partial charge is 0.361 e. The Hall–Kier alpha value is -2.60. The third kappa shape index (κ3) is 2.59. The fourth-order valence-electron chi connectivity index (χ4n) is 3.56. The van der Waals surface area contributed by atoms with Crippen LogP contribution >= 0.6 is 0 Å². The number of rotatable bonds is 2. The molecule has 0 amide bonds. The average Bonchev–Trinajstić information content (AvgIpc) is 2.99. The Labute approximate surface area is 138 Å². The van der Waals surface area contributed by atoms with E-state index < -0.39 is 5.69 Å². The first-order valence-corrected chi connectivity index (χ1v) is 8.24. The highest BCUT2D eigenvalue weighted by Crippen LogP contribution is 2.33. The van der Waals surface area contributed by atoms with Crippen LogP contribution in [-0.4, -0.2) is 39.6 Å². The normalized spacial score (nSPS) is 16.7. The van der Waals surface area contributed by atoms with Gasteiger partial charge in [0, 0.05) is 29.4 Å². The van der Waals surface area contributed by atoms with Crippen LogP contribution in [0.5, 0.6) is 0 Å². The van der Waals surface area contributed by atoms with Crippen molar-refractivity contribution >= 4 is 10.9 Å². The molecule has 0 spiro atoms. The molecule has 3 aromatic rings. The van der Waals surface area contributed by atoms with E-state index in [4.69, 9.17) is 0 Å². The zero-order valence-corrected chi connectivity index (χ0v) is 13.6. The van der Waals surface area contributed by atoms with Crippen LogP contribution in [0.4, 0.5) is 0 Å². The number of fused-ring (bicyclic) bond motifs is 1. The Morgan fingerprint density at radius 1 is 1.12 bits per heavy atom. The van der Waals surface area contributed by atoms with E-state index in [1.54, 1.807) is 0 Å². The molecule has 0 unspecified atom stereocenters. The summed E-state index contributed by atoms with van der Waals surface area (Å²) >= 11 is 0. The smallest absolute Gasteiger partial charge is 0.332 e. The Morgan fingerprint density at radius 2 is 1.92 bits per heavy atom. The minimum atomic E-state index is -0.427. The van der Waals surface area contributed by atoms with Crippen LogP contribution in [-0.2, 0) is 0 Å². The topological polar surface area (TPSA) is 73.9 Å². The van der Waals surface area contributed by atoms with Crippen LogP contribution in [0, 0.1) is 0 Å². The van der Waals surface area contributed by atoms with Gasteiger partial charge in [-0.3, -0.25) is 14.3 Å². The summed E-state index contributed by atoms with van der Waals surface area (Å²) in [7, 11) is 2.17. The maximum atomic E-state index is 12.0. The monoisotopic (exact) mass is 324 g/mol. The number of nitrogens with one attached hydrogen (secondary N) is 2.